The van der Waals surface area contributed by atoms with Gasteiger partial charge in [0.15, 0.2) is 5.82 Å². The smallest absolute Gasteiger partial charge is 0.162 e. The standard InChI is InChI=1S/C28H34ClN9/c1-15-6-9-21-23(16(2)32-33-21)22(15)26-30-20-10-11-37(28-24(29)25(17-7-8-17)34-36(28)5)14-19(20)27(31-26)38-12-18(13-38)35(3)4/h6,9,17-18H,7-8,10-14H2,1-5H3,(H,32,33). The molecule has 0 unspecified atom stereocenters. The fourth-order valence-electron chi connectivity index (χ4n) is 6.04. The summed E-state index contributed by atoms with van der Waals surface area (Å²) in [7, 11) is 6.31. The van der Waals surface area contributed by atoms with E-state index in [-0.39, 0.29) is 0 Å². The van der Waals surface area contributed by atoms with Gasteiger partial charge >= 0.3 is 0 Å². The van der Waals surface area contributed by atoms with E-state index in [9.17, 15) is 0 Å². The van der Waals surface area contributed by atoms with Crippen molar-refractivity contribution in [3.05, 3.63) is 45.4 Å². The van der Waals surface area contributed by atoms with Gasteiger partial charge in [-0.05, 0) is 52.4 Å². The van der Waals surface area contributed by atoms with Gasteiger partial charge in [-0.25, -0.2) is 9.97 Å². The van der Waals surface area contributed by atoms with Crippen molar-refractivity contribution >= 4 is 34.1 Å². The second-order valence-electron chi connectivity index (χ2n) is 11.4. The summed E-state index contributed by atoms with van der Waals surface area (Å²) in [6.45, 7) is 7.68. The van der Waals surface area contributed by atoms with Crippen LogP contribution in [0.15, 0.2) is 12.1 Å². The number of anilines is 2. The summed E-state index contributed by atoms with van der Waals surface area (Å²) < 4.78 is 1.97. The molecule has 10 heteroatoms. The molecule has 1 saturated heterocycles. The van der Waals surface area contributed by atoms with Gasteiger partial charge in [-0.1, -0.05) is 17.7 Å². The largest absolute Gasteiger partial charge is 0.353 e. The van der Waals surface area contributed by atoms with Crippen molar-refractivity contribution in [3.63, 3.8) is 0 Å². The lowest BCUT2D eigenvalue weighted by molar-refractivity contribution is 0.245. The molecule has 0 radical (unpaired) electrons. The van der Waals surface area contributed by atoms with Crippen LogP contribution in [-0.2, 0) is 20.0 Å². The zero-order valence-electron chi connectivity index (χ0n) is 22.7. The molecule has 1 saturated carbocycles. The highest BCUT2D eigenvalue weighted by Gasteiger charge is 2.36. The number of H-pyrrole nitrogens is 1. The Balaban J connectivity index is 1.33. The third-order valence-electron chi connectivity index (χ3n) is 8.52. The Bertz CT molecular complexity index is 1560. The topological polar surface area (TPSA) is 82.0 Å². The molecule has 38 heavy (non-hydrogen) atoms. The van der Waals surface area contributed by atoms with Crippen LogP contribution < -0.4 is 9.80 Å². The number of hydrogen-bond acceptors (Lipinski definition) is 7. The maximum Gasteiger partial charge on any atom is 0.162 e. The summed E-state index contributed by atoms with van der Waals surface area (Å²) in [5, 5.41) is 14.4. The molecule has 0 spiro atoms. The predicted octanol–water partition coefficient (Wildman–Crippen LogP) is 4.21. The molecule has 3 aromatic heterocycles. The summed E-state index contributed by atoms with van der Waals surface area (Å²) in [6.07, 6.45) is 3.20. The molecular weight excluding hydrogens is 498 g/mol. The molecule has 5 heterocycles. The van der Waals surface area contributed by atoms with Crippen LogP contribution in [0, 0.1) is 13.8 Å². The molecule has 3 aliphatic rings. The fourth-order valence-corrected chi connectivity index (χ4v) is 6.47. The third-order valence-corrected chi connectivity index (χ3v) is 8.89. The zero-order chi connectivity index (χ0) is 26.3. The molecule has 4 aromatic rings. The van der Waals surface area contributed by atoms with Gasteiger partial charge in [0.25, 0.3) is 0 Å². The van der Waals surface area contributed by atoms with Gasteiger partial charge in [-0.2, -0.15) is 10.2 Å². The van der Waals surface area contributed by atoms with Gasteiger partial charge in [0, 0.05) is 68.1 Å². The van der Waals surface area contributed by atoms with Crippen LogP contribution in [-0.4, -0.2) is 74.6 Å². The number of benzene rings is 1. The highest BCUT2D eigenvalue weighted by Crippen LogP contribution is 2.46. The maximum absolute atomic E-state index is 6.92. The Morgan fingerprint density at radius 1 is 1.08 bits per heavy atom. The molecule has 0 atom stereocenters. The minimum Gasteiger partial charge on any atom is -0.353 e. The van der Waals surface area contributed by atoms with Crippen LogP contribution in [0.4, 0.5) is 11.6 Å². The molecule has 0 amide bonds. The van der Waals surface area contributed by atoms with Gasteiger partial charge in [0.1, 0.15) is 16.7 Å². The number of likely N-dealkylation sites (N-methyl/N-ethyl adjacent to an activating group) is 1. The number of halogens is 1. The van der Waals surface area contributed by atoms with E-state index < -0.39 is 0 Å². The van der Waals surface area contributed by atoms with Crippen molar-refractivity contribution in [1.29, 1.82) is 0 Å². The third kappa shape index (κ3) is 3.70. The van der Waals surface area contributed by atoms with Crippen LogP contribution >= 0.6 is 11.6 Å². The first kappa shape index (κ1) is 23.9. The highest BCUT2D eigenvalue weighted by atomic mass is 35.5. The average Bonchev–Trinajstić information content (AvgIpc) is 3.57. The summed E-state index contributed by atoms with van der Waals surface area (Å²) in [4.78, 5) is 17.6. The number of aryl methyl sites for hydroxylation is 3. The number of nitrogens with one attached hydrogen (secondary N) is 1. The van der Waals surface area contributed by atoms with Crippen LogP contribution in [0.1, 0.15) is 47.0 Å². The number of hydrogen-bond donors (Lipinski definition) is 1. The summed E-state index contributed by atoms with van der Waals surface area (Å²) in [6, 6.07) is 4.75. The van der Waals surface area contributed by atoms with Gasteiger partial charge in [-0.3, -0.25) is 9.78 Å². The van der Waals surface area contributed by atoms with Crippen molar-refractivity contribution in [2.75, 3.05) is 43.5 Å². The first-order chi connectivity index (χ1) is 18.3. The number of fused-ring (bicyclic) bond motifs is 2. The van der Waals surface area contributed by atoms with E-state index in [0.717, 1.165) is 94.2 Å². The van der Waals surface area contributed by atoms with E-state index in [1.54, 1.807) is 0 Å². The lowest BCUT2D eigenvalue weighted by Crippen LogP contribution is -2.58. The highest BCUT2D eigenvalue weighted by molar-refractivity contribution is 6.33. The molecule has 0 bridgehead atoms. The van der Waals surface area contributed by atoms with Gasteiger partial charge < -0.3 is 14.7 Å². The lowest BCUT2D eigenvalue weighted by atomic mass is 9.99. The van der Waals surface area contributed by atoms with E-state index in [2.05, 4.69) is 58.0 Å². The van der Waals surface area contributed by atoms with Crippen molar-refractivity contribution in [2.24, 2.45) is 7.05 Å². The first-order valence-corrected chi connectivity index (χ1v) is 13.9. The second-order valence-corrected chi connectivity index (χ2v) is 11.8. The van der Waals surface area contributed by atoms with E-state index in [0.29, 0.717) is 12.0 Å². The van der Waals surface area contributed by atoms with E-state index in [4.69, 9.17) is 26.7 Å². The Kier molecular flexibility index (Phi) is 5.46. The number of nitrogens with zero attached hydrogens (tertiary/aromatic N) is 8. The van der Waals surface area contributed by atoms with Crippen molar-refractivity contribution in [3.8, 4) is 11.4 Å². The molecule has 7 rings (SSSR count). The zero-order valence-corrected chi connectivity index (χ0v) is 23.5. The van der Waals surface area contributed by atoms with Crippen LogP contribution in [0.2, 0.25) is 5.02 Å². The number of rotatable bonds is 5. The summed E-state index contributed by atoms with van der Waals surface area (Å²) in [5.41, 5.74) is 7.62. The molecule has 1 aliphatic carbocycles. The maximum atomic E-state index is 6.92. The SMILES string of the molecule is Cc1ccc2[nH]nc(C)c2c1-c1nc2c(c(N3CC(N(C)C)C3)n1)CN(c1c(Cl)c(C3CC3)nn1C)CC2. The molecule has 9 nitrogen and oxygen atoms in total. The predicted molar refractivity (Wildman–Crippen MR) is 151 cm³/mol. The Morgan fingerprint density at radius 3 is 2.61 bits per heavy atom. The average molecular weight is 532 g/mol. The van der Waals surface area contributed by atoms with Gasteiger partial charge in [0.2, 0.25) is 0 Å². The number of aromatic nitrogens is 6. The van der Waals surface area contributed by atoms with Gasteiger partial charge in [0.05, 0.1) is 22.6 Å². The molecule has 198 valence electrons. The summed E-state index contributed by atoms with van der Waals surface area (Å²) >= 11 is 6.92. The van der Waals surface area contributed by atoms with Crippen molar-refractivity contribution < 1.29 is 0 Å². The fraction of sp³-hybridized carbons (Fsp3) is 0.500. The van der Waals surface area contributed by atoms with Crippen LogP contribution in [0.3, 0.4) is 0 Å². The van der Waals surface area contributed by atoms with Gasteiger partial charge in [-0.15, -0.1) is 0 Å². The second kappa shape index (κ2) is 8.68. The molecule has 1 aromatic carbocycles. The monoisotopic (exact) mass is 531 g/mol. The lowest BCUT2D eigenvalue weighted by Gasteiger charge is -2.45. The first-order valence-electron chi connectivity index (χ1n) is 13.5. The number of aromatic amines is 1. The summed E-state index contributed by atoms with van der Waals surface area (Å²) in [5.74, 6) is 3.37. The van der Waals surface area contributed by atoms with E-state index in [1.165, 1.54) is 18.4 Å². The quantitative estimate of drug-likeness (QED) is 0.413. The molecule has 1 N–H and O–H groups in total. The normalized spacial score (nSPS) is 18.0. The molecular formula is C28H34ClN9. The van der Waals surface area contributed by atoms with Crippen molar-refractivity contribution in [1.82, 2.24) is 34.8 Å². The molecule has 2 fully saturated rings. The van der Waals surface area contributed by atoms with Crippen LogP contribution in [0.5, 0.6) is 0 Å². The molecule has 2 aliphatic heterocycles. The van der Waals surface area contributed by atoms with Crippen LogP contribution in [0.25, 0.3) is 22.3 Å². The van der Waals surface area contributed by atoms with E-state index >= 15 is 0 Å². The Hall–Kier alpha value is -3.17. The Morgan fingerprint density at radius 2 is 1.87 bits per heavy atom. The van der Waals surface area contributed by atoms with Crippen molar-refractivity contribution in [2.45, 2.75) is 51.6 Å². The van der Waals surface area contributed by atoms with E-state index in [1.807, 2.05) is 18.7 Å². The minimum atomic E-state index is 0.516. The minimum absolute atomic E-state index is 0.516. The Labute approximate surface area is 227 Å².